The third-order valence-electron chi connectivity index (χ3n) is 5.56. The minimum atomic E-state index is -3.01. The molecule has 0 fully saturated rings. The Labute approximate surface area is 202 Å². The molecule has 0 aliphatic heterocycles. The van der Waals surface area contributed by atoms with Crippen molar-refractivity contribution in [1.82, 2.24) is 24.4 Å². The number of aromatic nitrogens is 4. The molecular formula is C24H28F2N8O. The Hall–Kier alpha value is -3.99. The maximum Gasteiger partial charge on any atom is 0.387 e. The number of benzene rings is 1. The first-order valence-electron chi connectivity index (χ1n) is 11.0. The summed E-state index contributed by atoms with van der Waals surface area (Å²) in [5.74, 6) is 0.157. The topological polar surface area (TPSA) is 97.4 Å². The Morgan fingerprint density at radius 3 is 2.66 bits per heavy atom. The summed E-state index contributed by atoms with van der Waals surface area (Å²) in [6.45, 7) is -1.58. The molecule has 3 aromatic heterocycles. The third kappa shape index (κ3) is 5.40. The van der Waals surface area contributed by atoms with Crippen LogP contribution in [-0.2, 0) is 7.05 Å². The molecule has 0 saturated carbocycles. The molecule has 0 bridgehead atoms. The number of anilines is 4. The Morgan fingerprint density at radius 2 is 1.91 bits per heavy atom. The van der Waals surface area contributed by atoms with Gasteiger partial charge < -0.3 is 30.2 Å². The smallest absolute Gasteiger partial charge is 0.387 e. The third-order valence-corrected chi connectivity index (χ3v) is 5.56. The van der Waals surface area contributed by atoms with Crippen molar-refractivity contribution < 1.29 is 13.5 Å². The fourth-order valence-electron chi connectivity index (χ4n) is 3.77. The Morgan fingerprint density at radius 1 is 1.11 bits per heavy atom. The van der Waals surface area contributed by atoms with Crippen LogP contribution in [0.2, 0.25) is 0 Å². The van der Waals surface area contributed by atoms with Gasteiger partial charge in [-0.3, -0.25) is 4.98 Å². The number of nitrogens with two attached hydrogens (primary N) is 1. The number of nitrogens with one attached hydrogen (secondary N) is 1. The van der Waals surface area contributed by atoms with Crippen molar-refractivity contribution in [2.75, 3.05) is 50.2 Å². The van der Waals surface area contributed by atoms with E-state index in [0.29, 0.717) is 23.6 Å². The zero-order chi connectivity index (χ0) is 25.1. The molecule has 3 N–H and O–H groups in total. The van der Waals surface area contributed by atoms with Gasteiger partial charge in [0.05, 0.1) is 33.8 Å². The molecule has 0 radical (unpaired) electrons. The highest BCUT2D eigenvalue weighted by Crippen LogP contribution is 2.37. The summed E-state index contributed by atoms with van der Waals surface area (Å²) in [7, 11) is 7.69. The van der Waals surface area contributed by atoms with Crippen LogP contribution in [0, 0.1) is 0 Å². The predicted octanol–water partition coefficient (Wildman–Crippen LogP) is 3.96. The van der Waals surface area contributed by atoms with Gasteiger partial charge in [-0.05, 0) is 38.4 Å². The average molecular weight is 483 g/mol. The summed E-state index contributed by atoms with van der Waals surface area (Å²) in [6, 6.07) is 8.66. The van der Waals surface area contributed by atoms with Crippen LogP contribution in [0.4, 0.5) is 31.8 Å². The maximum atomic E-state index is 13.2. The van der Waals surface area contributed by atoms with Crippen LogP contribution in [0.1, 0.15) is 0 Å². The van der Waals surface area contributed by atoms with Crippen molar-refractivity contribution in [3.05, 3.63) is 48.9 Å². The van der Waals surface area contributed by atoms with E-state index in [-0.39, 0.29) is 17.4 Å². The first-order valence-corrected chi connectivity index (χ1v) is 11.0. The van der Waals surface area contributed by atoms with E-state index in [1.807, 2.05) is 60.9 Å². The maximum absolute atomic E-state index is 13.2. The summed E-state index contributed by atoms with van der Waals surface area (Å²) in [4.78, 5) is 17.2. The van der Waals surface area contributed by atoms with E-state index in [1.54, 1.807) is 24.5 Å². The number of nitrogens with zero attached hydrogens (tertiary/aromatic N) is 6. The SMILES string of the molecule is CN(C)CCN(C)c1cc(OC(F)F)c(Nc2nccc(-c3cn(C)c4cccnc34)n2)cc1N. The molecule has 0 unspecified atom stereocenters. The Bertz CT molecular complexity index is 1320. The quantitative estimate of drug-likeness (QED) is 0.346. The second-order valence-corrected chi connectivity index (χ2v) is 8.43. The predicted molar refractivity (Wildman–Crippen MR) is 134 cm³/mol. The molecule has 0 atom stereocenters. The van der Waals surface area contributed by atoms with Crippen LogP contribution >= 0.6 is 0 Å². The number of halogens is 2. The molecule has 0 aliphatic rings. The monoisotopic (exact) mass is 482 g/mol. The minimum Gasteiger partial charge on any atom is -0.433 e. The van der Waals surface area contributed by atoms with Crippen molar-refractivity contribution in [3.8, 4) is 17.0 Å². The molecule has 184 valence electrons. The molecule has 0 spiro atoms. The van der Waals surface area contributed by atoms with Gasteiger partial charge >= 0.3 is 6.61 Å². The van der Waals surface area contributed by atoms with Crippen molar-refractivity contribution in [2.24, 2.45) is 7.05 Å². The van der Waals surface area contributed by atoms with Crippen molar-refractivity contribution in [3.63, 3.8) is 0 Å². The fraction of sp³-hybridized carbons (Fsp3) is 0.292. The number of hydrogen-bond acceptors (Lipinski definition) is 8. The van der Waals surface area contributed by atoms with Crippen molar-refractivity contribution in [1.29, 1.82) is 0 Å². The standard InChI is InChI=1S/C24H28F2N8O/c1-32(2)10-11-33(3)20-13-21(35-23(25)26)18(12-16(20)27)31-24-29-9-7-17(30-24)15-14-34(4)19-6-5-8-28-22(15)19/h5-9,12-14,23H,10-11,27H2,1-4H3,(H,29,30,31). The number of rotatable bonds is 9. The second-order valence-electron chi connectivity index (χ2n) is 8.43. The Kier molecular flexibility index (Phi) is 6.97. The molecule has 9 nitrogen and oxygen atoms in total. The van der Waals surface area contributed by atoms with Gasteiger partial charge in [-0.2, -0.15) is 8.78 Å². The summed E-state index contributed by atoms with van der Waals surface area (Å²) in [6.07, 6.45) is 5.25. The van der Waals surface area contributed by atoms with Gasteiger partial charge in [0.2, 0.25) is 5.95 Å². The normalized spacial score (nSPS) is 11.4. The van der Waals surface area contributed by atoms with Gasteiger partial charge in [0.25, 0.3) is 0 Å². The number of alkyl halides is 2. The van der Waals surface area contributed by atoms with Crippen LogP contribution in [0.15, 0.2) is 48.9 Å². The van der Waals surface area contributed by atoms with Gasteiger partial charge in [0.15, 0.2) is 5.75 Å². The van der Waals surface area contributed by atoms with Crippen molar-refractivity contribution in [2.45, 2.75) is 6.61 Å². The number of likely N-dealkylation sites (N-methyl/N-ethyl adjacent to an activating group) is 2. The number of fused-ring (bicyclic) bond motifs is 1. The summed E-state index contributed by atoms with van der Waals surface area (Å²) in [5, 5.41) is 2.99. The lowest BCUT2D eigenvalue weighted by Gasteiger charge is -2.24. The minimum absolute atomic E-state index is 0.0540. The molecule has 0 saturated heterocycles. The summed E-state index contributed by atoms with van der Waals surface area (Å²) >= 11 is 0. The molecule has 1 aromatic carbocycles. The highest BCUT2D eigenvalue weighted by molar-refractivity contribution is 5.92. The number of pyridine rings is 1. The first kappa shape index (κ1) is 24.1. The van der Waals surface area contributed by atoms with E-state index in [4.69, 9.17) is 10.5 Å². The number of ether oxygens (including phenoxy) is 1. The number of hydrogen-bond donors (Lipinski definition) is 2. The molecule has 4 aromatic rings. The van der Waals surface area contributed by atoms with E-state index in [9.17, 15) is 8.78 Å². The number of aryl methyl sites for hydroxylation is 1. The molecule has 3 heterocycles. The van der Waals surface area contributed by atoms with Crippen LogP contribution in [0.3, 0.4) is 0 Å². The highest BCUT2D eigenvalue weighted by atomic mass is 19.3. The molecule has 0 aliphatic carbocycles. The molecule has 11 heteroatoms. The average Bonchev–Trinajstić information content (AvgIpc) is 3.16. The van der Waals surface area contributed by atoms with Crippen LogP contribution in [0.25, 0.3) is 22.3 Å². The Balaban J connectivity index is 1.67. The van der Waals surface area contributed by atoms with Gasteiger partial charge in [-0.15, -0.1) is 0 Å². The highest BCUT2D eigenvalue weighted by Gasteiger charge is 2.18. The van der Waals surface area contributed by atoms with E-state index >= 15 is 0 Å². The zero-order valence-corrected chi connectivity index (χ0v) is 20.0. The van der Waals surface area contributed by atoms with Crippen LogP contribution < -0.4 is 20.7 Å². The van der Waals surface area contributed by atoms with E-state index in [1.165, 1.54) is 6.07 Å². The lowest BCUT2D eigenvalue weighted by atomic mass is 10.2. The molecule has 4 rings (SSSR count). The van der Waals surface area contributed by atoms with E-state index < -0.39 is 6.61 Å². The van der Waals surface area contributed by atoms with Gasteiger partial charge in [-0.1, -0.05) is 0 Å². The van der Waals surface area contributed by atoms with Crippen molar-refractivity contribution >= 4 is 34.0 Å². The van der Waals surface area contributed by atoms with Crippen LogP contribution in [0.5, 0.6) is 5.75 Å². The van der Waals surface area contributed by atoms with E-state index in [0.717, 1.165) is 23.1 Å². The van der Waals surface area contributed by atoms with Gasteiger partial charge in [0, 0.05) is 57.4 Å². The summed E-state index contributed by atoms with van der Waals surface area (Å²) in [5.41, 5.74) is 10.7. The largest absolute Gasteiger partial charge is 0.433 e. The summed E-state index contributed by atoms with van der Waals surface area (Å²) < 4.78 is 33.2. The molecule has 0 amide bonds. The van der Waals surface area contributed by atoms with E-state index in [2.05, 4.69) is 20.3 Å². The molecular weight excluding hydrogens is 454 g/mol. The zero-order valence-electron chi connectivity index (χ0n) is 20.0. The second kappa shape index (κ2) is 10.1. The van der Waals surface area contributed by atoms with Gasteiger partial charge in [0.1, 0.15) is 0 Å². The first-order chi connectivity index (χ1) is 16.7. The number of nitrogen functional groups attached to an aromatic ring is 1. The van der Waals surface area contributed by atoms with Gasteiger partial charge in [-0.25, -0.2) is 9.97 Å². The molecule has 35 heavy (non-hydrogen) atoms. The fourth-order valence-corrected chi connectivity index (χ4v) is 3.77. The lowest BCUT2D eigenvalue weighted by molar-refractivity contribution is -0.0493. The lowest BCUT2D eigenvalue weighted by Crippen LogP contribution is -2.29. The van der Waals surface area contributed by atoms with Crippen LogP contribution in [-0.4, -0.2) is 65.3 Å².